The molecule has 0 spiro atoms. The van der Waals surface area contributed by atoms with Gasteiger partial charge in [-0.2, -0.15) is 0 Å². The largest absolute Gasteiger partial charge is 0.506 e. The van der Waals surface area contributed by atoms with Crippen LogP contribution in [0.15, 0.2) is 70.5 Å². The molecule has 0 bridgehead atoms. The van der Waals surface area contributed by atoms with Gasteiger partial charge in [0.1, 0.15) is 17.2 Å². The van der Waals surface area contributed by atoms with Crippen molar-refractivity contribution in [2.75, 3.05) is 0 Å². The van der Waals surface area contributed by atoms with E-state index in [2.05, 4.69) is 9.97 Å². The zero-order valence-electron chi connectivity index (χ0n) is 12.7. The number of aromatic nitrogens is 2. The summed E-state index contributed by atoms with van der Waals surface area (Å²) >= 11 is 0. The van der Waals surface area contributed by atoms with Gasteiger partial charge in [-0.05, 0) is 24.3 Å². The molecule has 0 atom stereocenters. The summed E-state index contributed by atoms with van der Waals surface area (Å²) in [5, 5.41) is 19.0. The minimum Gasteiger partial charge on any atom is -0.506 e. The summed E-state index contributed by atoms with van der Waals surface area (Å²) in [6, 6.07) is 11.1. The highest BCUT2D eigenvalue weighted by molar-refractivity contribution is 5.38. The molecule has 2 heterocycles. The molecule has 0 fully saturated rings. The van der Waals surface area contributed by atoms with E-state index in [4.69, 9.17) is 9.84 Å². The average Bonchev–Trinajstić information content (AvgIpc) is 2.61. The number of H-pyrrole nitrogens is 2. The molecule has 9 nitrogen and oxygen atoms in total. The molecule has 25 heavy (non-hydrogen) atoms. The Morgan fingerprint density at radius 3 is 1.84 bits per heavy atom. The highest BCUT2D eigenvalue weighted by Gasteiger charge is 2.04. The summed E-state index contributed by atoms with van der Waals surface area (Å²) in [5.41, 5.74) is -0.428. The maximum Gasteiger partial charge on any atom is 0.269 e. The molecular formula is C16H13N3O6. The Morgan fingerprint density at radius 2 is 1.40 bits per heavy atom. The van der Waals surface area contributed by atoms with Crippen molar-refractivity contribution < 1.29 is 14.8 Å². The van der Waals surface area contributed by atoms with E-state index in [1.807, 2.05) is 0 Å². The van der Waals surface area contributed by atoms with Crippen molar-refractivity contribution in [1.82, 2.24) is 9.97 Å². The van der Waals surface area contributed by atoms with Crippen LogP contribution in [-0.4, -0.2) is 20.0 Å². The second kappa shape index (κ2) is 8.11. The SMILES string of the molecule is O=c1ccc(O)c[nH]1.O=c1ccc(Oc2ccc([N+](=O)[O-])cc2)c[nH]1. The second-order valence-electron chi connectivity index (χ2n) is 4.65. The molecule has 9 heteroatoms. The van der Waals surface area contributed by atoms with Gasteiger partial charge in [0.05, 0.1) is 4.92 Å². The molecule has 3 rings (SSSR count). The van der Waals surface area contributed by atoms with Crippen molar-refractivity contribution in [1.29, 1.82) is 0 Å². The number of pyridine rings is 2. The maximum absolute atomic E-state index is 10.8. The number of non-ortho nitro benzene ring substituents is 1. The van der Waals surface area contributed by atoms with Crippen LogP contribution in [-0.2, 0) is 0 Å². The van der Waals surface area contributed by atoms with E-state index in [9.17, 15) is 19.7 Å². The Labute approximate surface area is 140 Å². The molecule has 0 aliphatic carbocycles. The van der Waals surface area contributed by atoms with E-state index in [1.54, 1.807) is 0 Å². The Bertz CT molecular complexity index is 922. The van der Waals surface area contributed by atoms with Crippen LogP contribution in [0, 0.1) is 10.1 Å². The van der Waals surface area contributed by atoms with Gasteiger partial charge in [-0.3, -0.25) is 19.7 Å². The van der Waals surface area contributed by atoms with E-state index < -0.39 is 4.92 Å². The lowest BCUT2D eigenvalue weighted by molar-refractivity contribution is -0.384. The molecule has 3 aromatic rings. The molecular weight excluding hydrogens is 330 g/mol. The number of ether oxygens (including phenoxy) is 1. The number of hydrogen-bond acceptors (Lipinski definition) is 6. The first kappa shape index (κ1) is 17.5. The average molecular weight is 343 g/mol. The fourth-order valence-electron chi connectivity index (χ4n) is 1.63. The fraction of sp³-hybridized carbons (Fsp3) is 0. The first-order valence-electron chi connectivity index (χ1n) is 6.93. The van der Waals surface area contributed by atoms with Crippen LogP contribution < -0.4 is 15.9 Å². The lowest BCUT2D eigenvalue weighted by Gasteiger charge is -2.03. The Morgan fingerprint density at radius 1 is 0.840 bits per heavy atom. The van der Waals surface area contributed by atoms with E-state index in [0.717, 1.165) is 0 Å². The molecule has 0 saturated heterocycles. The summed E-state index contributed by atoms with van der Waals surface area (Å²) in [4.78, 5) is 35.8. The predicted octanol–water partition coefficient (Wildman–Crippen LogP) is 2.16. The first-order chi connectivity index (χ1) is 11.9. The Balaban J connectivity index is 0.000000236. The summed E-state index contributed by atoms with van der Waals surface area (Å²) in [5.74, 6) is 0.991. The lowest BCUT2D eigenvalue weighted by atomic mass is 10.3. The summed E-state index contributed by atoms with van der Waals surface area (Å²) < 4.78 is 5.38. The van der Waals surface area contributed by atoms with Crippen molar-refractivity contribution in [2.45, 2.75) is 0 Å². The number of rotatable bonds is 3. The standard InChI is InChI=1S/C11H8N2O4.C5H5NO2/c14-11-6-5-10(7-12-11)17-9-3-1-8(2-4-9)13(15)16;7-4-1-2-5(8)6-3-4/h1-7H,(H,12,14);1-3,7H,(H,6,8). The molecule has 0 aliphatic rings. The number of nitrogens with one attached hydrogen (secondary N) is 2. The molecule has 2 aromatic heterocycles. The molecule has 0 amide bonds. The van der Waals surface area contributed by atoms with Gasteiger partial charge in [0.25, 0.3) is 5.69 Å². The van der Waals surface area contributed by atoms with Crippen molar-refractivity contribution in [3.63, 3.8) is 0 Å². The summed E-state index contributed by atoms with van der Waals surface area (Å²) in [6.45, 7) is 0. The third kappa shape index (κ3) is 5.67. The van der Waals surface area contributed by atoms with Crippen molar-refractivity contribution in [3.8, 4) is 17.2 Å². The van der Waals surface area contributed by atoms with Gasteiger partial charge in [0, 0.05) is 36.7 Å². The molecule has 128 valence electrons. The van der Waals surface area contributed by atoms with Crippen LogP contribution in [0.2, 0.25) is 0 Å². The molecule has 0 unspecified atom stereocenters. The van der Waals surface area contributed by atoms with E-state index in [0.29, 0.717) is 11.5 Å². The summed E-state index contributed by atoms with van der Waals surface area (Å²) in [6.07, 6.45) is 2.66. The fourth-order valence-corrected chi connectivity index (χ4v) is 1.63. The second-order valence-corrected chi connectivity index (χ2v) is 4.65. The number of nitrogens with zero attached hydrogens (tertiary/aromatic N) is 1. The highest BCUT2D eigenvalue weighted by Crippen LogP contribution is 2.22. The number of nitro benzene ring substituents is 1. The maximum atomic E-state index is 10.8. The normalized spacial score (nSPS) is 9.60. The van der Waals surface area contributed by atoms with Crippen molar-refractivity contribution in [3.05, 3.63) is 91.7 Å². The molecule has 1 aromatic carbocycles. The quantitative estimate of drug-likeness (QED) is 0.492. The smallest absolute Gasteiger partial charge is 0.269 e. The molecule has 0 aliphatic heterocycles. The van der Waals surface area contributed by atoms with E-state index in [1.165, 1.54) is 60.9 Å². The van der Waals surface area contributed by atoms with Gasteiger partial charge in [0.15, 0.2) is 0 Å². The number of hydrogen-bond donors (Lipinski definition) is 3. The minimum absolute atomic E-state index is 0.00109. The monoisotopic (exact) mass is 343 g/mol. The van der Waals surface area contributed by atoms with Gasteiger partial charge >= 0.3 is 0 Å². The zero-order valence-corrected chi connectivity index (χ0v) is 12.7. The Kier molecular flexibility index (Phi) is 5.67. The van der Waals surface area contributed by atoms with Crippen LogP contribution in [0.25, 0.3) is 0 Å². The van der Waals surface area contributed by atoms with Gasteiger partial charge in [-0.25, -0.2) is 0 Å². The van der Waals surface area contributed by atoms with E-state index >= 15 is 0 Å². The van der Waals surface area contributed by atoms with Crippen LogP contribution in [0.5, 0.6) is 17.2 Å². The van der Waals surface area contributed by atoms with Crippen LogP contribution in [0.3, 0.4) is 0 Å². The number of nitro groups is 1. The highest BCUT2D eigenvalue weighted by atomic mass is 16.6. The van der Waals surface area contributed by atoms with Gasteiger partial charge < -0.3 is 19.8 Å². The predicted molar refractivity (Wildman–Crippen MR) is 89.0 cm³/mol. The van der Waals surface area contributed by atoms with Crippen LogP contribution in [0.4, 0.5) is 5.69 Å². The van der Waals surface area contributed by atoms with Crippen molar-refractivity contribution in [2.24, 2.45) is 0 Å². The van der Waals surface area contributed by atoms with Gasteiger partial charge in [-0.15, -0.1) is 0 Å². The first-order valence-corrected chi connectivity index (χ1v) is 6.93. The van der Waals surface area contributed by atoms with E-state index in [-0.39, 0.29) is 22.6 Å². The molecule has 0 radical (unpaired) electrons. The van der Waals surface area contributed by atoms with Crippen molar-refractivity contribution >= 4 is 5.69 Å². The lowest BCUT2D eigenvalue weighted by Crippen LogP contribution is -2.01. The molecule has 3 N–H and O–H groups in total. The number of benzene rings is 1. The minimum atomic E-state index is -0.482. The van der Waals surface area contributed by atoms with Crippen LogP contribution >= 0.6 is 0 Å². The Hall–Kier alpha value is -3.88. The van der Waals surface area contributed by atoms with Gasteiger partial charge in [0.2, 0.25) is 11.1 Å². The zero-order chi connectivity index (χ0) is 18.2. The van der Waals surface area contributed by atoms with Gasteiger partial charge in [-0.1, -0.05) is 0 Å². The third-order valence-corrected chi connectivity index (χ3v) is 2.81. The third-order valence-electron chi connectivity index (χ3n) is 2.81. The topological polar surface area (TPSA) is 138 Å². The molecule has 0 saturated carbocycles. The number of aromatic amines is 2. The number of aromatic hydroxyl groups is 1. The summed E-state index contributed by atoms with van der Waals surface area (Å²) in [7, 11) is 0. The van der Waals surface area contributed by atoms with Crippen LogP contribution in [0.1, 0.15) is 0 Å².